The second kappa shape index (κ2) is 10.8. The number of urea groups is 1. The Hall–Kier alpha value is -3.89. The minimum Gasteiger partial charge on any atom is -0.493 e. The molecule has 4 aromatic rings. The highest BCUT2D eigenvalue weighted by atomic mass is 127. The molecule has 9 heteroatoms. The number of methoxy groups -OCH3 is 1. The van der Waals surface area contributed by atoms with E-state index in [-0.39, 0.29) is 5.57 Å². The minimum atomic E-state index is -0.830. The summed E-state index contributed by atoms with van der Waals surface area (Å²) in [6, 6.07) is 23.0. The molecule has 0 unspecified atom stereocenters. The number of hydrogen-bond acceptors (Lipinski definition) is 5. The molecule has 1 saturated heterocycles. The molecule has 4 aromatic carbocycles. The zero-order valence-electron chi connectivity index (χ0n) is 20.0. The number of hydrogen-bond donors (Lipinski definition) is 1. The molecule has 1 aliphatic heterocycles. The monoisotopic (exact) mass is 638 g/mol. The van der Waals surface area contributed by atoms with Gasteiger partial charge in [0, 0.05) is 5.02 Å². The van der Waals surface area contributed by atoms with Crippen molar-refractivity contribution in [1.82, 2.24) is 5.32 Å². The first kappa shape index (κ1) is 25.7. The van der Waals surface area contributed by atoms with Crippen molar-refractivity contribution in [1.29, 1.82) is 0 Å². The molecule has 0 spiro atoms. The van der Waals surface area contributed by atoms with Crippen LogP contribution < -0.4 is 19.7 Å². The SMILES string of the molecule is COc1cc(/C=C2\C(=O)NC(=O)N(c3ccc(Cl)cc3)C2=O)cc(I)c1OCc1ccc2ccccc2c1. The summed E-state index contributed by atoms with van der Waals surface area (Å²) in [4.78, 5) is 39.1. The standard InChI is InChI=1S/C29H20ClIN2O5/c1-37-25-15-18(13-23-27(34)32-29(36)33(28(23)35)22-10-8-21(30)9-11-22)14-24(31)26(25)38-16-17-6-7-19-4-2-3-5-20(19)12-17/h2-15H,16H2,1H3,(H,32,34,36)/b23-13+. The lowest BCUT2D eigenvalue weighted by atomic mass is 10.1. The van der Waals surface area contributed by atoms with E-state index in [9.17, 15) is 14.4 Å². The predicted molar refractivity (Wildman–Crippen MR) is 154 cm³/mol. The lowest BCUT2D eigenvalue weighted by molar-refractivity contribution is -0.122. The quantitative estimate of drug-likeness (QED) is 0.151. The first-order chi connectivity index (χ1) is 18.3. The van der Waals surface area contributed by atoms with Gasteiger partial charge in [-0.15, -0.1) is 0 Å². The molecule has 0 aromatic heterocycles. The number of benzene rings is 4. The third-order valence-electron chi connectivity index (χ3n) is 5.95. The Balaban J connectivity index is 1.42. The van der Waals surface area contributed by atoms with E-state index >= 15 is 0 Å². The highest BCUT2D eigenvalue weighted by Gasteiger charge is 2.36. The van der Waals surface area contributed by atoms with Crippen molar-refractivity contribution in [2.45, 2.75) is 6.61 Å². The van der Waals surface area contributed by atoms with Crippen molar-refractivity contribution in [3.05, 3.63) is 104 Å². The van der Waals surface area contributed by atoms with Crippen LogP contribution in [0.25, 0.3) is 16.8 Å². The average molecular weight is 639 g/mol. The number of anilines is 1. The van der Waals surface area contributed by atoms with Crippen LogP contribution in [0.3, 0.4) is 0 Å². The minimum absolute atomic E-state index is 0.192. The Morgan fingerprint density at radius 3 is 2.42 bits per heavy atom. The van der Waals surface area contributed by atoms with Crippen LogP contribution in [0.4, 0.5) is 10.5 Å². The van der Waals surface area contributed by atoms with E-state index in [0.717, 1.165) is 24.8 Å². The summed E-state index contributed by atoms with van der Waals surface area (Å²) in [5, 5.41) is 4.95. The Bertz CT molecular complexity index is 1620. The van der Waals surface area contributed by atoms with Gasteiger partial charge in [0.25, 0.3) is 11.8 Å². The van der Waals surface area contributed by atoms with E-state index in [1.54, 1.807) is 24.3 Å². The molecule has 0 saturated carbocycles. The molecule has 5 rings (SSSR count). The van der Waals surface area contributed by atoms with Gasteiger partial charge in [0.15, 0.2) is 11.5 Å². The lowest BCUT2D eigenvalue weighted by Crippen LogP contribution is -2.54. The fourth-order valence-corrected chi connectivity index (χ4v) is 5.00. The number of fused-ring (bicyclic) bond motifs is 1. The average Bonchev–Trinajstić information content (AvgIpc) is 2.91. The van der Waals surface area contributed by atoms with E-state index in [1.807, 2.05) is 18.2 Å². The molecule has 7 nitrogen and oxygen atoms in total. The molecule has 1 N–H and O–H groups in total. The van der Waals surface area contributed by atoms with Gasteiger partial charge in [0.2, 0.25) is 0 Å². The van der Waals surface area contributed by atoms with E-state index in [2.05, 4.69) is 52.2 Å². The number of carbonyl (C=O) groups excluding carboxylic acids is 3. The van der Waals surface area contributed by atoms with E-state index in [4.69, 9.17) is 21.1 Å². The van der Waals surface area contributed by atoms with Crippen LogP contribution in [0.2, 0.25) is 5.02 Å². The Morgan fingerprint density at radius 1 is 0.947 bits per heavy atom. The van der Waals surface area contributed by atoms with Gasteiger partial charge < -0.3 is 9.47 Å². The van der Waals surface area contributed by atoms with Crippen LogP contribution in [-0.2, 0) is 16.2 Å². The van der Waals surface area contributed by atoms with Crippen molar-refractivity contribution in [3.63, 3.8) is 0 Å². The second-order valence-electron chi connectivity index (χ2n) is 8.44. The third kappa shape index (κ3) is 5.23. The number of amides is 4. The molecule has 38 heavy (non-hydrogen) atoms. The topological polar surface area (TPSA) is 84.9 Å². The van der Waals surface area contributed by atoms with Gasteiger partial charge in [-0.1, -0.05) is 48.0 Å². The highest BCUT2D eigenvalue weighted by molar-refractivity contribution is 14.1. The van der Waals surface area contributed by atoms with E-state index in [0.29, 0.717) is 34.4 Å². The van der Waals surface area contributed by atoms with Crippen LogP contribution in [0.5, 0.6) is 11.5 Å². The number of imide groups is 2. The van der Waals surface area contributed by atoms with Crippen molar-refractivity contribution in [2.75, 3.05) is 12.0 Å². The van der Waals surface area contributed by atoms with Gasteiger partial charge in [-0.05, 0) is 93.0 Å². The number of ether oxygens (including phenoxy) is 2. The van der Waals surface area contributed by atoms with E-state index < -0.39 is 17.8 Å². The summed E-state index contributed by atoms with van der Waals surface area (Å²) in [5.74, 6) is -0.540. The summed E-state index contributed by atoms with van der Waals surface area (Å²) in [7, 11) is 1.52. The van der Waals surface area contributed by atoms with Crippen LogP contribution >= 0.6 is 34.2 Å². The number of barbiturate groups is 1. The summed E-state index contributed by atoms with van der Waals surface area (Å²) in [6.07, 6.45) is 1.42. The van der Waals surface area contributed by atoms with Gasteiger partial charge in [0.05, 0.1) is 16.4 Å². The van der Waals surface area contributed by atoms with Crippen molar-refractivity contribution in [3.8, 4) is 11.5 Å². The molecule has 1 aliphatic rings. The summed E-state index contributed by atoms with van der Waals surface area (Å²) in [6.45, 7) is 0.330. The molecule has 0 radical (unpaired) electrons. The zero-order valence-corrected chi connectivity index (χ0v) is 22.9. The molecule has 0 bridgehead atoms. The van der Waals surface area contributed by atoms with Gasteiger partial charge in [-0.3, -0.25) is 14.9 Å². The van der Waals surface area contributed by atoms with Gasteiger partial charge in [-0.2, -0.15) is 0 Å². The zero-order chi connectivity index (χ0) is 26.8. The third-order valence-corrected chi connectivity index (χ3v) is 7.00. The van der Waals surface area contributed by atoms with Gasteiger partial charge >= 0.3 is 6.03 Å². The van der Waals surface area contributed by atoms with Crippen LogP contribution in [0.15, 0.2) is 84.4 Å². The van der Waals surface area contributed by atoms with Crippen LogP contribution in [-0.4, -0.2) is 25.0 Å². The number of carbonyl (C=O) groups is 3. The highest BCUT2D eigenvalue weighted by Crippen LogP contribution is 2.36. The van der Waals surface area contributed by atoms with Gasteiger partial charge in [-0.25, -0.2) is 9.69 Å². The lowest BCUT2D eigenvalue weighted by Gasteiger charge is -2.26. The Kier molecular flexibility index (Phi) is 7.35. The fourth-order valence-electron chi connectivity index (χ4n) is 4.10. The van der Waals surface area contributed by atoms with Crippen molar-refractivity contribution in [2.24, 2.45) is 0 Å². The van der Waals surface area contributed by atoms with E-state index in [1.165, 1.54) is 25.3 Å². The van der Waals surface area contributed by atoms with Crippen molar-refractivity contribution < 1.29 is 23.9 Å². The first-order valence-corrected chi connectivity index (χ1v) is 12.9. The Morgan fingerprint density at radius 2 is 1.68 bits per heavy atom. The maximum atomic E-state index is 13.2. The summed E-state index contributed by atoms with van der Waals surface area (Å²) in [5.41, 5.74) is 1.64. The predicted octanol–water partition coefficient (Wildman–Crippen LogP) is 6.35. The largest absolute Gasteiger partial charge is 0.493 e. The molecule has 0 atom stereocenters. The molecule has 190 valence electrons. The number of rotatable bonds is 6. The van der Waals surface area contributed by atoms with Crippen LogP contribution in [0.1, 0.15) is 11.1 Å². The first-order valence-electron chi connectivity index (χ1n) is 11.5. The van der Waals surface area contributed by atoms with Crippen molar-refractivity contribution >= 4 is 74.6 Å². The molecule has 1 fully saturated rings. The fraction of sp³-hybridized carbons (Fsp3) is 0.0690. The number of nitrogens with one attached hydrogen (secondary N) is 1. The molecular formula is C29H20ClIN2O5. The normalized spacial score (nSPS) is 14.7. The smallest absolute Gasteiger partial charge is 0.335 e. The molecule has 4 amide bonds. The maximum Gasteiger partial charge on any atom is 0.335 e. The summed E-state index contributed by atoms with van der Waals surface area (Å²) < 4.78 is 12.4. The molecular weight excluding hydrogens is 619 g/mol. The summed E-state index contributed by atoms with van der Waals surface area (Å²) >= 11 is 8.05. The molecule has 0 aliphatic carbocycles. The van der Waals surface area contributed by atoms with Gasteiger partial charge in [0.1, 0.15) is 12.2 Å². The Labute approximate surface area is 237 Å². The maximum absolute atomic E-state index is 13.2. The van der Waals surface area contributed by atoms with Crippen LogP contribution in [0, 0.1) is 3.57 Å². The molecule has 1 heterocycles. The second-order valence-corrected chi connectivity index (χ2v) is 10.0. The number of halogens is 2. The number of nitrogens with zero attached hydrogens (tertiary/aromatic N) is 1.